The number of halogens is 2. The van der Waals surface area contributed by atoms with Crippen LogP contribution in [-0.2, 0) is 6.42 Å². The number of nitrogens with zero attached hydrogens (tertiary/aromatic N) is 1. The minimum atomic E-state index is -0.225. The lowest BCUT2D eigenvalue weighted by molar-refractivity contribution is 0.0955. The monoisotopic (exact) mass is 478 g/mol. The van der Waals surface area contributed by atoms with Gasteiger partial charge in [0.2, 0.25) is 0 Å². The molecule has 0 saturated heterocycles. The highest BCUT2D eigenvalue weighted by atomic mass is 127. The number of fused-ring (bicyclic) bond motifs is 1. The Morgan fingerprint density at radius 3 is 2.73 bits per heavy atom. The molecule has 0 radical (unpaired) electrons. The van der Waals surface area contributed by atoms with Gasteiger partial charge < -0.3 is 0 Å². The summed E-state index contributed by atoms with van der Waals surface area (Å²) in [6.45, 7) is 4.22. The summed E-state index contributed by atoms with van der Waals surface area (Å²) in [5, 5.41) is 4.87. The number of benzene rings is 2. The summed E-state index contributed by atoms with van der Waals surface area (Å²) in [4.78, 5) is 12.2. The van der Waals surface area contributed by atoms with Crippen molar-refractivity contribution in [2.24, 2.45) is 5.10 Å². The molecule has 0 bridgehead atoms. The molecule has 26 heavy (non-hydrogen) atoms. The predicted molar refractivity (Wildman–Crippen MR) is 117 cm³/mol. The molecule has 0 aromatic heterocycles. The van der Waals surface area contributed by atoms with Crippen LogP contribution < -0.4 is 5.43 Å². The van der Waals surface area contributed by atoms with E-state index >= 15 is 0 Å². The molecule has 0 fully saturated rings. The Kier molecular flexibility index (Phi) is 6.14. The number of hydrazone groups is 1. The van der Waals surface area contributed by atoms with Crippen LogP contribution in [-0.4, -0.2) is 12.1 Å². The molecule has 134 valence electrons. The summed E-state index contributed by atoms with van der Waals surface area (Å²) in [5.41, 5.74) is 9.02. The van der Waals surface area contributed by atoms with E-state index in [0.717, 1.165) is 39.0 Å². The van der Waals surface area contributed by atoms with E-state index in [1.165, 1.54) is 16.7 Å². The Bertz CT molecular complexity index is 918. The van der Waals surface area contributed by atoms with Crippen molar-refractivity contribution < 1.29 is 4.79 Å². The van der Waals surface area contributed by atoms with Gasteiger partial charge in [-0.25, -0.2) is 5.43 Å². The molecule has 0 unspecified atom stereocenters. The number of aryl methyl sites for hydroxylation is 3. The molecule has 2 aromatic carbocycles. The fraction of sp³-hybridized carbons (Fsp3) is 0.238. The SMILES string of the molecule is Cc1cc2c(cc1C)C(Cl)=C(/C=N/NC(=O)c1cccc(I)c1)CCC2. The van der Waals surface area contributed by atoms with Gasteiger partial charge in [0.1, 0.15) is 0 Å². The molecule has 1 N–H and O–H groups in total. The van der Waals surface area contributed by atoms with E-state index in [0.29, 0.717) is 5.56 Å². The van der Waals surface area contributed by atoms with Gasteiger partial charge in [-0.15, -0.1) is 0 Å². The Labute approximate surface area is 172 Å². The molecule has 0 spiro atoms. The molecule has 1 aliphatic rings. The zero-order valence-corrected chi connectivity index (χ0v) is 17.7. The van der Waals surface area contributed by atoms with Crippen LogP contribution in [0.3, 0.4) is 0 Å². The van der Waals surface area contributed by atoms with E-state index in [4.69, 9.17) is 11.6 Å². The average molecular weight is 479 g/mol. The zero-order chi connectivity index (χ0) is 18.7. The summed E-state index contributed by atoms with van der Waals surface area (Å²) in [6.07, 6.45) is 4.53. The van der Waals surface area contributed by atoms with Gasteiger partial charge in [-0.1, -0.05) is 23.7 Å². The van der Waals surface area contributed by atoms with E-state index in [1.807, 2.05) is 18.2 Å². The normalized spacial score (nSPS) is 14.3. The summed E-state index contributed by atoms with van der Waals surface area (Å²) in [7, 11) is 0. The molecule has 0 atom stereocenters. The highest BCUT2D eigenvalue weighted by Gasteiger charge is 2.16. The molecule has 5 heteroatoms. The van der Waals surface area contributed by atoms with Crippen molar-refractivity contribution in [2.45, 2.75) is 33.1 Å². The summed E-state index contributed by atoms with van der Waals surface area (Å²) < 4.78 is 1.01. The van der Waals surface area contributed by atoms with Gasteiger partial charge in [0, 0.05) is 9.13 Å². The van der Waals surface area contributed by atoms with Crippen molar-refractivity contribution in [2.75, 3.05) is 0 Å². The second-order valence-electron chi connectivity index (χ2n) is 6.50. The first-order valence-corrected chi connectivity index (χ1v) is 9.99. The molecule has 0 aliphatic heterocycles. The quantitative estimate of drug-likeness (QED) is 0.348. The number of hydrogen-bond acceptors (Lipinski definition) is 2. The fourth-order valence-corrected chi connectivity index (χ4v) is 3.89. The largest absolute Gasteiger partial charge is 0.271 e. The zero-order valence-electron chi connectivity index (χ0n) is 14.8. The molecule has 1 amide bonds. The van der Waals surface area contributed by atoms with Crippen LogP contribution in [0.5, 0.6) is 0 Å². The average Bonchev–Trinajstić information content (AvgIpc) is 2.75. The Hall–Kier alpha value is -1.66. The highest BCUT2D eigenvalue weighted by molar-refractivity contribution is 14.1. The van der Waals surface area contributed by atoms with Crippen molar-refractivity contribution in [3.05, 3.63) is 73.4 Å². The molecule has 2 aromatic rings. The second kappa shape index (κ2) is 8.35. The van der Waals surface area contributed by atoms with Gasteiger partial charge in [-0.3, -0.25) is 4.79 Å². The van der Waals surface area contributed by atoms with Gasteiger partial charge in [0.05, 0.1) is 11.2 Å². The van der Waals surface area contributed by atoms with Gasteiger partial charge >= 0.3 is 0 Å². The first-order chi connectivity index (χ1) is 12.5. The van der Waals surface area contributed by atoms with Crippen molar-refractivity contribution >= 4 is 51.3 Å². The first kappa shape index (κ1) is 19.1. The van der Waals surface area contributed by atoms with Crippen LogP contribution in [0.25, 0.3) is 5.03 Å². The molecule has 0 heterocycles. The number of amides is 1. The van der Waals surface area contributed by atoms with Crippen LogP contribution in [0.2, 0.25) is 0 Å². The van der Waals surface area contributed by atoms with E-state index in [1.54, 1.807) is 12.3 Å². The predicted octanol–water partition coefficient (Wildman–Crippen LogP) is 5.61. The van der Waals surface area contributed by atoms with Crippen molar-refractivity contribution in [3.63, 3.8) is 0 Å². The Morgan fingerprint density at radius 1 is 1.19 bits per heavy atom. The van der Waals surface area contributed by atoms with Gasteiger partial charge in [-0.05, 0) is 108 Å². The van der Waals surface area contributed by atoms with E-state index in [9.17, 15) is 4.79 Å². The standard InChI is InChI=1S/C21H20ClIN2O/c1-13-9-15-5-3-7-17(20(22)19(15)10-14(13)2)12-24-25-21(26)16-6-4-8-18(23)11-16/h4,6,8-12H,3,5,7H2,1-2H3,(H,25,26)/b24-12+. The molecule has 3 rings (SSSR count). The molecular weight excluding hydrogens is 459 g/mol. The lowest BCUT2D eigenvalue weighted by Gasteiger charge is -2.10. The molecule has 1 aliphatic carbocycles. The summed E-state index contributed by atoms with van der Waals surface area (Å²) in [6, 6.07) is 11.8. The van der Waals surface area contributed by atoms with Crippen LogP contribution >= 0.6 is 34.2 Å². The molecule has 0 saturated carbocycles. The minimum Gasteiger partial charge on any atom is -0.267 e. The number of hydrogen-bond donors (Lipinski definition) is 1. The number of carbonyl (C=O) groups is 1. The minimum absolute atomic E-state index is 0.225. The maximum atomic E-state index is 12.2. The number of nitrogens with one attached hydrogen (secondary N) is 1. The van der Waals surface area contributed by atoms with Crippen molar-refractivity contribution in [3.8, 4) is 0 Å². The fourth-order valence-electron chi connectivity index (χ4n) is 3.02. The van der Waals surface area contributed by atoms with Gasteiger partial charge in [0.15, 0.2) is 0 Å². The lowest BCUT2D eigenvalue weighted by atomic mass is 9.98. The van der Waals surface area contributed by atoms with E-state index in [2.05, 4.69) is 59.1 Å². The van der Waals surface area contributed by atoms with Crippen LogP contribution in [0.1, 0.15) is 45.5 Å². The van der Waals surface area contributed by atoms with Crippen molar-refractivity contribution in [1.29, 1.82) is 0 Å². The number of allylic oxidation sites excluding steroid dienone is 1. The number of rotatable bonds is 3. The third-order valence-corrected chi connectivity index (χ3v) is 5.72. The van der Waals surface area contributed by atoms with Crippen molar-refractivity contribution in [1.82, 2.24) is 5.43 Å². The maximum absolute atomic E-state index is 12.2. The topological polar surface area (TPSA) is 41.5 Å². The second-order valence-corrected chi connectivity index (χ2v) is 8.12. The number of carbonyl (C=O) groups excluding carboxylic acids is 1. The van der Waals surface area contributed by atoms with Crippen LogP contribution in [0, 0.1) is 17.4 Å². The van der Waals surface area contributed by atoms with Crippen LogP contribution in [0.15, 0.2) is 47.1 Å². The van der Waals surface area contributed by atoms with E-state index < -0.39 is 0 Å². The lowest BCUT2D eigenvalue weighted by Crippen LogP contribution is -2.17. The summed E-state index contributed by atoms with van der Waals surface area (Å²) >= 11 is 8.85. The smallest absolute Gasteiger partial charge is 0.267 e. The highest BCUT2D eigenvalue weighted by Crippen LogP contribution is 2.33. The Balaban J connectivity index is 1.80. The Morgan fingerprint density at radius 2 is 1.96 bits per heavy atom. The summed E-state index contributed by atoms with van der Waals surface area (Å²) in [5.74, 6) is -0.225. The van der Waals surface area contributed by atoms with Gasteiger partial charge in [0.25, 0.3) is 5.91 Å². The molecular formula is C21H20ClIN2O. The van der Waals surface area contributed by atoms with Gasteiger partial charge in [-0.2, -0.15) is 5.10 Å². The van der Waals surface area contributed by atoms with Crippen LogP contribution in [0.4, 0.5) is 0 Å². The maximum Gasteiger partial charge on any atom is 0.271 e. The molecule has 3 nitrogen and oxygen atoms in total. The third-order valence-electron chi connectivity index (χ3n) is 4.60. The first-order valence-electron chi connectivity index (χ1n) is 8.54. The third kappa shape index (κ3) is 4.35. The van der Waals surface area contributed by atoms with E-state index in [-0.39, 0.29) is 5.91 Å².